The predicted molar refractivity (Wildman–Crippen MR) is 178 cm³/mol. The number of fused-ring (bicyclic) bond motifs is 1. The molecule has 0 spiro atoms. The molecular formula is C37H47F3N4O4. The van der Waals surface area contributed by atoms with E-state index in [1.165, 1.54) is 35.8 Å². The van der Waals surface area contributed by atoms with Crippen LogP contribution in [-0.4, -0.2) is 59.2 Å². The van der Waals surface area contributed by atoms with E-state index in [4.69, 9.17) is 9.26 Å². The first kappa shape index (κ1) is 35.4. The molecule has 2 aliphatic heterocycles. The highest BCUT2D eigenvalue weighted by Gasteiger charge is 2.40. The highest BCUT2D eigenvalue weighted by molar-refractivity contribution is 6.10. The minimum absolute atomic E-state index is 0.0287. The number of hydrogen-bond acceptors (Lipinski definition) is 6. The fourth-order valence-corrected chi connectivity index (χ4v) is 6.46. The van der Waals surface area contributed by atoms with Crippen molar-refractivity contribution in [3.8, 4) is 0 Å². The van der Waals surface area contributed by atoms with E-state index in [-0.39, 0.29) is 30.3 Å². The predicted octanol–water partition coefficient (Wildman–Crippen LogP) is 8.27. The average Bonchev–Trinajstić information content (AvgIpc) is 3.72. The van der Waals surface area contributed by atoms with Gasteiger partial charge in [0.15, 0.2) is 0 Å². The summed E-state index contributed by atoms with van der Waals surface area (Å²) in [4.78, 5) is 30.5. The van der Waals surface area contributed by atoms with Gasteiger partial charge in [0.05, 0.1) is 17.8 Å². The van der Waals surface area contributed by atoms with Gasteiger partial charge in [-0.1, -0.05) is 42.6 Å². The number of rotatable bonds is 8. The van der Waals surface area contributed by atoms with Gasteiger partial charge >= 0.3 is 12.3 Å². The Labute approximate surface area is 281 Å². The molecule has 48 heavy (non-hydrogen) atoms. The summed E-state index contributed by atoms with van der Waals surface area (Å²) in [6, 6.07) is 11.5. The Morgan fingerprint density at radius 2 is 1.81 bits per heavy atom. The third-order valence-corrected chi connectivity index (χ3v) is 9.34. The molecule has 3 aromatic rings. The van der Waals surface area contributed by atoms with Crippen LogP contribution in [0.4, 0.5) is 23.7 Å². The molecule has 260 valence electrons. The summed E-state index contributed by atoms with van der Waals surface area (Å²) in [6.07, 6.45) is 3.84. The maximum absolute atomic E-state index is 14.0. The molecule has 2 aromatic carbocycles. The normalized spacial score (nSPS) is 18.1. The summed E-state index contributed by atoms with van der Waals surface area (Å²) < 4.78 is 52.3. The number of ether oxygens (including phenoxy) is 1. The molecule has 1 saturated heterocycles. The SMILES string of the molecule is CN(CCC1CCN(C(=O)OC(C)(C)C)C1)Cc1cc2c(c(C(F)(F)F)c1)CN(c1ccccc1)C2=O.Cc1conc1CC1CCC1. The Bertz CT molecular complexity index is 1560. The molecule has 8 nitrogen and oxygen atoms in total. The van der Waals surface area contributed by atoms with Crippen molar-refractivity contribution in [2.24, 2.45) is 11.8 Å². The van der Waals surface area contributed by atoms with Crippen molar-refractivity contribution in [3.63, 3.8) is 0 Å². The van der Waals surface area contributed by atoms with E-state index in [1.54, 1.807) is 47.6 Å². The van der Waals surface area contributed by atoms with Crippen LogP contribution >= 0.6 is 0 Å². The van der Waals surface area contributed by atoms with Crippen LogP contribution in [0.3, 0.4) is 0 Å². The van der Waals surface area contributed by atoms with Gasteiger partial charge in [-0.25, -0.2) is 4.79 Å². The summed E-state index contributed by atoms with van der Waals surface area (Å²) in [6.45, 7) is 9.68. The zero-order valence-corrected chi connectivity index (χ0v) is 28.6. The van der Waals surface area contributed by atoms with Crippen molar-refractivity contribution in [3.05, 3.63) is 82.2 Å². The number of para-hydroxylation sites is 1. The fourth-order valence-electron chi connectivity index (χ4n) is 6.46. The zero-order valence-electron chi connectivity index (χ0n) is 28.6. The quantitative estimate of drug-likeness (QED) is 0.241. The number of likely N-dealkylation sites (tertiary alicyclic amines) is 1. The molecule has 6 rings (SSSR count). The van der Waals surface area contributed by atoms with E-state index in [9.17, 15) is 22.8 Å². The summed E-state index contributed by atoms with van der Waals surface area (Å²) in [5.41, 5.74) is 2.26. The van der Waals surface area contributed by atoms with Crippen LogP contribution < -0.4 is 4.90 Å². The molecule has 1 aromatic heterocycles. The van der Waals surface area contributed by atoms with Gasteiger partial charge in [0.1, 0.15) is 11.9 Å². The molecule has 0 radical (unpaired) electrons. The van der Waals surface area contributed by atoms with E-state index >= 15 is 0 Å². The van der Waals surface area contributed by atoms with E-state index in [0.717, 1.165) is 30.9 Å². The molecule has 11 heteroatoms. The second kappa shape index (κ2) is 14.7. The van der Waals surface area contributed by atoms with Crippen LogP contribution in [0, 0.1) is 18.8 Å². The lowest BCUT2D eigenvalue weighted by Crippen LogP contribution is -2.35. The first-order chi connectivity index (χ1) is 22.7. The maximum atomic E-state index is 14.0. The Kier molecular flexibility index (Phi) is 10.9. The highest BCUT2D eigenvalue weighted by Crippen LogP contribution is 2.39. The van der Waals surface area contributed by atoms with E-state index in [0.29, 0.717) is 36.8 Å². The molecule has 2 amide bonds. The van der Waals surface area contributed by atoms with Crippen LogP contribution in [0.25, 0.3) is 0 Å². The summed E-state index contributed by atoms with van der Waals surface area (Å²) >= 11 is 0. The van der Waals surface area contributed by atoms with Crippen molar-refractivity contribution >= 4 is 17.7 Å². The molecule has 0 bridgehead atoms. The highest BCUT2D eigenvalue weighted by atomic mass is 19.4. The standard InChI is InChI=1S/C28H34F3N3O3.C9H13NO/c1-27(2,3)37-26(36)33-13-11-19(17-33)10-12-32(4)16-20-14-22-23(24(15-20)28(29,30)31)18-34(25(22)35)21-8-6-5-7-9-21;1-7-6-11-10-9(7)5-8-3-2-4-8/h5-9,14-15,19H,10-13,16-18H2,1-4H3;6,8H,2-5H2,1H3. The molecule has 3 aliphatic rings. The Hall–Kier alpha value is -3.86. The number of hydrogen-bond donors (Lipinski definition) is 0. The lowest BCUT2D eigenvalue weighted by Gasteiger charge is -2.24. The van der Waals surface area contributed by atoms with Crippen LogP contribution in [0.1, 0.15) is 91.2 Å². The molecule has 0 N–H and O–H groups in total. The van der Waals surface area contributed by atoms with Gasteiger partial charge in [0.25, 0.3) is 5.91 Å². The summed E-state index contributed by atoms with van der Waals surface area (Å²) in [5, 5.41) is 3.96. The molecule has 1 aliphatic carbocycles. The molecule has 1 saturated carbocycles. The van der Waals surface area contributed by atoms with Gasteiger partial charge in [0.2, 0.25) is 0 Å². The maximum Gasteiger partial charge on any atom is 0.416 e. The molecule has 2 fully saturated rings. The Morgan fingerprint density at radius 1 is 1.08 bits per heavy atom. The topological polar surface area (TPSA) is 79.1 Å². The van der Waals surface area contributed by atoms with Gasteiger partial charge in [0, 0.05) is 36.4 Å². The van der Waals surface area contributed by atoms with E-state index < -0.39 is 23.2 Å². The van der Waals surface area contributed by atoms with Crippen molar-refractivity contribution in [1.82, 2.24) is 15.0 Å². The van der Waals surface area contributed by atoms with Crippen molar-refractivity contribution in [2.45, 2.75) is 91.1 Å². The number of carbonyl (C=O) groups is 2. The largest absolute Gasteiger partial charge is 0.444 e. The van der Waals surface area contributed by atoms with Crippen LogP contribution in [0.15, 0.2) is 53.3 Å². The van der Waals surface area contributed by atoms with Gasteiger partial charge in [-0.3, -0.25) is 4.79 Å². The second-order valence-corrected chi connectivity index (χ2v) is 14.4. The molecule has 1 unspecified atom stereocenters. The number of aromatic nitrogens is 1. The number of carbonyl (C=O) groups excluding carboxylic acids is 2. The van der Waals surface area contributed by atoms with Crippen LogP contribution in [0.5, 0.6) is 0 Å². The Balaban J connectivity index is 0.000000343. The molecule has 3 heterocycles. The number of benzene rings is 2. The number of alkyl halides is 3. The van der Waals surface area contributed by atoms with Gasteiger partial charge in [-0.15, -0.1) is 0 Å². The smallest absolute Gasteiger partial charge is 0.416 e. The number of anilines is 1. The van der Waals surface area contributed by atoms with Gasteiger partial charge in [-0.2, -0.15) is 13.2 Å². The second-order valence-electron chi connectivity index (χ2n) is 14.4. The van der Waals surface area contributed by atoms with Crippen LogP contribution in [-0.2, 0) is 30.4 Å². The number of halogens is 3. The first-order valence-electron chi connectivity index (χ1n) is 16.8. The van der Waals surface area contributed by atoms with Crippen molar-refractivity contribution in [1.29, 1.82) is 0 Å². The van der Waals surface area contributed by atoms with Gasteiger partial charge in [-0.05, 0) is 108 Å². The fraction of sp³-hybridized carbons (Fsp3) is 0.541. The number of nitrogens with zero attached hydrogens (tertiary/aromatic N) is 4. The lowest BCUT2D eigenvalue weighted by atomic mass is 9.82. The Morgan fingerprint density at radius 3 is 2.42 bits per heavy atom. The minimum Gasteiger partial charge on any atom is -0.444 e. The number of aryl methyl sites for hydroxylation is 1. The summed E-state index contributed by atoms with van der Waals surface area (Å²) in [5.74, 6) is 0.782. The van der Waals surface area contributed by atoms with Crippen LogP contribution in [0.2, 0.25) is 0 Å². The third-order valence-electron chi connectivity index (χ3n) is 9.34. The lowest BCUT2D eigenvalue weighted by molar-refractivity contribution is -0.138. The van der Waals surface area contributed by atoms with E-state index in [1.807, 2.05) is 32.7 Å². The monoisotopic (exact) mass is 668 g/mol. The first-order valence-corrected chi connectivity index (χ1v) is 16.8. The minimum atomic E-state index is -4.55. The van der Waals surface area contributed by atoms with Crippen molar-refractivity contribution < 1.29 is 32.0 Å². The molecular weight excluding hydrogens is 621 g/mol. The average molecular weight is 669 g/mol. The summed E-state index contributed by atoms with van der Waals surface area (Å²) in [7, 11) is 1.86. The van der Waals surface area contributed by atoms with Crippen molar-refractivity contribution in [2.75, 3.05) is 31.6 Å². The molecule has 1 atom stereocenters. The van der Waals surface area contributed by atoms with Gasteiger partial charge < -0.3 is 24.0 Å². The number of amides is 2. The zero-order chi connectivity index (χ0) is 34.6. The third kappa shape index (κ3) is 8.98. The van der Waals surface area contributed by atoms with E-state index in [2.05, 4.69) is 12.1 Å².